The van der Waals surface area contributed by atoms with Gasteiger partial charge in [0.05, 0.1) is 5.60 Å². The van der Waals surface area contributed by atoms with Crippen molar-refractivity contribution in [3.63, 3.8) is 0 Å². The highest BCUT2D eigenvalue weighted by Gasteiger charge is 2.38. The Morgan fingerprint density at radius 2 is 1.86 bits per heavy atom. The standard InChI is InChI=1S/C18H26F2O/c1-4-17(2,3)14-7-9-18(21,10-8-14)12-13-11-15(19)5-6-16(13)20/h5-6,11,14,21H,4,7-10,12H2,1-3H3. The van der Waals surface area contributed by atoms with Crippen molar-refractivity contribution in [3.05, 3.63) is 35.4 Å². The summed E-state index contributed by atoms with van der Waals surface area (Å²) in [6.07, 6.45) is 4.56. The second-order valence-corrected chi connectivity index (χ2v) is 7.25. The van der Waals surface area contributed by atoms with E-state index in [1.165, 1.54) is 6.07 Å². The molecule has 3 heteroatoms. The van der Waals surface area contributed by atoms with Crippen LogP contribution in [-0.4, -0.2) is 10.7 Å². The van der Waals surface area contributed by atoms with Gasteiger partial charge < -0.3 is 5.11 Å². The number of aliphatic hydroxyl groups is 1. The average Bonchev–Trinajstić information content (AvgIpc) is 2.43. The normalized spacial score (nSPS) is 26.9. The highest BCUT2D eigenvalue weighted by atomic mass is 19.1. The van der Waals surface area contributed by atoms with E-state index in [2.05, 4.69) is 20.8 Å². The third kappa shape index (κ3) is 3.82. The maximum absolute atomic E-state index is 13.7. The number of benzene rings is 1. The first kappa shape index (κ1) is 16.4. The van der Waals surface area contributed by atoms with Crippen LogP contribution >= 0.6 is 0 Å². The Hall–Kier alpha value is -0.960. The Bertz CT molecular complexity index is 488. The van der Waals surface area contributed by atoms with Crippen molar-refractivity contribution in [2.24, 2.45) is 11.3 Å². The third-order valence-corrected chi connectivity index (χ3v) is 5.46. The van der Waals surface area contributed by atoms with Gasteiger partial charge in [-0.15, -0.1) is 0 Å². The van der Waals surface area contributed by atoms with Crippen LogP contribution in [0.2, 0.25) is 0 Å². The van der Waals surface area contributed by atoms with Crippen LogP contribution in [0.1, 0.15) is 58.4 Å². The van der Waals surface area contributed by atoms with E-state index in [0.717, 1.165) is 31.4 Å². The Morgan fingerprint density at radius 3 is 2.43 bits per heavy atom. The van der Waals surface area contributed by atoms with E-state index in [-0.39, 0.29) is 17.4 Å². The summed E-state index contributed by atoms with van der Waals surface area (Å²) in [4.78, 5) is 0. The zero-order valence-corrected chi connectivity index (χ0v) is 13.3. The maximum Gasteiger partial charge on any atom is 0.126 e. The summed E-state index contributed by atoms with van der Waals surface area (Å²) in [5.74, 6) is -0.281. The summed E-state index contributed by atoms with van der Waals surface area (Å²) >= 11 is 0. The molecule has 21 heavy (non-hydrogen) atoms. The zero-order valence-electron chi connectivity index (χ0n) is 13.3. The molecule has 1 aliphatic carbocycles. The van der Waals surface area contributed by atoms with Crippen LogP contribution in [0.15, 0.2) is 18.2 Å². The molecular formula is C18H26F2O. The Balaban J connectivity index is 2.04. The molecule has 1 saturated carbocycles. The van der Waals surface area contributed by atoms with E-state index in [4.69, 9.17) is 0 Å². The Labute approximate surface area is 126 Å². The van der Waals surface area contributed by atoms with E-state index in [1.54, 1.807) is 0 Å². The van der Waals surface area contributed by atoms with Crippen LogP contribution in [0.3, 0.4) is 0 Å². The highest BCUT2D eigenvalue weighted by molar-refractivity contribution is 5.21. The molecule has 0 amide bonds. The minimum Gasteiger partial charge on any atom is -0.390 e. The molecule has 0 atom stereocenters. The van der Waals surface area contributed by atoms with E-state index in [9.17, 15) is 13.9 Å². The predicted molar refractivity (Wildman–Crippen MR) is 81.0 cm³/mol. The van der Waals surface area contributed by atoms with Gasteiger partial charge >= 0.3 is 0 Å². The van der Waals surface area contributed by atoms with Crippen LogP contribution in [0.5, 0.6) is 0 Å². The van der Waals surface area contributed by atoms with E-state index >= 15 is 0 Å². The molecule has 118 valence electrons. The van der Waals surface area contributed by atoms with Crippen molar-refractivity contribution in [1.82, 2.24) is 0 Å². The van der Waals surface area contributed by atoms with Gasteiger partial charge in [0.2, 0.25) is 0 Å². The maximum atomic E-state index is 13.7. The van der Waals surface area contributed by atoms with Crippen molar-refractivity contribution < 1.29 is 13.9 Å². The lowest BCUT2D eigenvalue weighted by atomic mass is 9.65. The van der Waals surface area contributed by atoms with Crippen LogP contribution in [0.4, 0.5) is 8.78 Å². The van der Waals surface area contributed by atoms with E-state index in [0.29, 0.717) is 18.8 Å². The first-order valence-electron chi connectivity index (χ1n) is 7.92. The fourth-order valence-corrected chi connectivity index (χ4v) is 3.44. The summed E-state index contributed by atoms with van der Waals surface area (Å²) in [5, 5.41) is 10.7. The second kappa shape index (κ2) is 6.04. The molecule has 0 radical (unpaired) electrons. The van der Waals surface area contributed by atoms with Crippen molar-refractivity contribution in [2.45, 2.75) is 64.9 Å². The first-order valence-corrected chi connectivity index (χ1v) is 7.92. The Morgan fingerprint density at radius 1 is 1.24 bits per heavy atom. The zero-order chi connectivity index (χ0) is 15.7. The molecule has 2 rings (SSSR count). The second-order valence-electron chi connectivity index (χ2n) is 7.25. The quantitative estimate of drug-likeness (QED) is 0.841. The highest BCUT2D eigenvalue weighted by Crippen LogP contribution is 2.44. The number of halogens is 2. The van der Waals surface area contributed by atoms with Crippen LogP contribution in [0.25, 0.3) is 0 Å². The van der Waals surface area contributed by atoms with Crippen LogP contribution in [-0.2, 0) is 6.42 Å². The minimum atomic E-state index is -0.894. The molecule has 1 aliphatic rings. The molecule has 0 spiro atoms. The fraction of sp³-hybridized carbons (Fsp3) is 0.667. The van der Waals surface area contributed by atoms with Crippen LogP contribution in [0, 0.1) is 23.0 Å². The van der Waals surface area contributed by atoms with Crippen molar-refractivity contribution in [2.75, 3.05) is 0 Å². The smallest absolute Gasteiger partial charge is 0.126 e. The number of rotatable bonds is 4. The first-order chi connectivity index (χ1) is 9.76. The van der Waals surface area contributed by atoms with Gasteiger partial charge in [0.15, 0.2) is 0 Å². The molecule has 0 bridgehead atoms. The minimum absolute atomic E-state index is 0.204. The van der Waals surface area contributed by atoms with E-state index < -0.39 is 17.2 Å². The third-order valence-electron chi connectivity index (χ3n) is 5.46. The SMILES string of the molecule is CCC(C)(C)C1CCC(O)(Cc2cc(F)ccc2F)CC1. The van der Waals surface area contributed by atoms with Gasteiger partial charge in [0.1, 0.15) is 11.6 Å². The van der Waals surface area contributed by atoms with Crippen molar-refractivity contribution >= 4 is 0 Å². The molecule has 0 unspecified atom stereocenters. The summed E-state index contributed by atoms with van der Waals surface area (Å²) in [6.45, 7) is 6.74. The van der Waals surface area contributed by atoms with Crippen molar-refractivity contribution in [3.8, 4) is 0 Å². The van der Waals surface area contributed by atoms with Gasteiger partial charge in [0, 0.05) is 6.42 Å². The fourth-order valence-electron chi connectivity index (χ4n) is 3.44. The van der Waals surface area contributed by atoms with Gasteiger partial charge in [-0.2, -0.15) is 0 Å². The lowest BCUT2D eigenvalue weighted by Gasteiger charge is -2.42. The predicted octanol–water partition coefficient (Wildman–Crippen LogP) is 4.86. The van der Waals surface area contributed by atoms with Gasteiger partial charge in [-0.25, -0.2) is 8.78 Å². The van der Waals surface area contributed by atoms with Gasteiger partial charge in [0.25, 0.3) is 0 Å². The summed E-state index contributed by atoms with van der Waals surface area (Å²) in [7, 11) is 0. The molecule has 0 aliphatic heterocycles. The lowest BCUT2D eigenvalue weighted by molar-refractivity contribution is -0.0281. The lowest BCUT2D eigenvalue weighted by Crippen LogP contribution is -2.39. The molecule has 1 aromatic rings. The molecule has 0 heterocycles. The molecule has 0 saturated heterocycles. The van der Waals surface area contributed by atoms with E-state index in [1.807, 2.05) is 0 Å². The molecule has 1 nitrogen and oxygen atoms in total. The summed E-state index contributed by atoms with van der Waals surface area (Å²) in [5.41, 5.74) is -0.328. The van der Waals surface area contributed by atoms with Gasteiger partial charge in [-0.1, -0.05) is 27.2 Å². The van der Waals surface area contributed by atoms with Crippen molar-refractivity contribution in [1.29, 1.82) is 0 Å². The molecular weight excluding hydrogens is 270 g/mol. The average molecular weight is 296 g/mol. The summed E-state index contributed by atoms with van der Waals surface area (Å²) < 4.78 is 27.0. The topological polar surface area (TPSA) is 20.2 Å². The summed E-state index contributed by atoms with van der Waals surface area (Å²) in [6, 6.07) is 3.46. The van der Waals surface area contributed by atoms with Crippen LogP contribution < -0.4 is 0 Å². The number of hydrogen-bond acceptors (Lipinski definition) is 1. The molecule has 1 N–H and O–H groups in total. The van der Waals surface area contributed by atoms with Gasteiger partial charge in [-0.05, 0) is 60.8 Å². The van der Waals surface area contributed by atoms with Gasteiger partial charge in [-0.3, -0.25) is 0 Å². The monoisotopic (exact) mass is 296 g/mol. The molecule has 0 aromatic heterocycles. The number of hydrogen-bond donors (Lipinski definition) is 1. The largest absolute Gasteiger partial charge is 0.390 e. The molecule has 1 fully saturated rings. The Kier molecular flexibility index (Phi) is 4.72. The molecule has 1 aromatic carbocycles.